The molecule has 0 spiro atoms. The number of alkyl halides is 3. The summed E-state index contributed by atoms with van der Waals surface area (Å²) in [6, 6.07) is 9.58. The Morgan fingerprint density at radius 3 is 2.50 bits per heavy atom. The van der Waals surface area contributed by atoms with Crippen molar-refractivity contribution in [3.63, 3.8) is 0 Å². The molecule has 0 aliphatic carbocycles. The molecule has 224 valence electrons. The van der Waals surface area contributed by atoms with Crippen LogP contribution in [0.1, 0.15) is 42.3 Å². The summed E-state index contributed by atoms with van der Waals surface area (Å²) in [5.41, 5.74) is -0.745. The molecule has 4 rings (SSSR count). The summed E-state index contributed by atoms with van der Waals surface area (Å²) < 4.78 is 57.1. The topological polar surface area (TPSA) is 115 Å². The molecule has 0 bridgehead atoms. The van der Waals surface area contributed by atoms with Gasteiger partial charge in [-0.2, -0.15) is 13.2 Å². The maximum absolute atomic E-state index is 13.7. The van der Waals surface area contributed by atoms with Gasteiger partial charge in [0.15, 0.2) is 0 Å². The van der Waals surface area contributed by atoms with E-state index in [0.29, 0.717) is 25.5 Å². The van der Waals surface area contributed by atoms with E-state index in [4.69, 9.17) is 14.2 Å². The van der Waals surface area contributed by atoms with Crippen molar-refractivity contribution in [2.45, 2.75) is 39.1 Å². The molecule has 1 saturated heterocycles. The first-order valence-electron chi connectivity index (χ1n) is 13.1. The molecule has 2 aromatic heterocycles. The molecule has 0 unspecified atom stereocenters. The lowest BCUT2D eigenvalue weighted by Gasteiger charge is -2.39. The standard InChI is InChI=1S/C29H32F3N5O5/c1-28(2,3)42-27(39)37-15-19(16-37)17-41-22-12-20(29(30,31)32)11-21(13-22)36-26(38)23-6-5-8-34-25(23)35-14-18-7-9-33-24(10-18)40-4/h5-13,19H,14-17H2,1-4H3,(H,34,35)(H,36,38). The molecule has 1 fully saturated rings. The molecule has 10 nitrogen and oxygen atoms in total. The van der Waals surface area contributed by atoms with Crippen LogP contribution in [-0.4, -0.2) is 59.3 Å². The molecule has 1 aliphatic rings. The lowest BCUT2D eigenvalue weighted by molar-refractivity contribution is -0.137. The lowest BCUT2D eigenvalue weighted by atomic mass is 10.0. The van der Waals surface area contributed by atoms with Gasteiger partial charge in [0.2, 0.25) is 5.88 Å². The Morgan fingerprint density at radius 2 is 1.81 bits per heavy atom. The summed E-state index contributed by atoms with van der Waals surface area (Å²) in [7, 11) is 1.50. The number of carbonyl (C=O) groups excluding carboxylic acids is 2. The van der Waals surface area contributed by atoms with Crippen LogP contribution in [0.2, 0.25) is 0 Å². The Bertz CT molecular complexity index is 1420. The summed E-state index contributed by atoms with van der Waals surface area (Å²) in [6.45, 7) is 6.40. The number of rotatable bonds is 9. The van der Waals surface area contributed by atoms with Crippen LogP contribution in [0, 0.1) is 5.92 Å². The number of anilines is 2. The van der Waals surface area contributed by atoms with Gasteiger partial charge < -0.3 is 29.7 Å². The van der Waals surface area contributed by atoms with E-state index in [1.807, 2.05) is 0 Å². The predicted molar refractivity (Wildman–Crippen MR) is 149 cm³/mol. The highest BCUT2D eigenvalue weighted by atomic mass is 19.4. The number of halogens is 3. The summed E-state index contributed by atoms with van der Waals surface area (Å²) >= 11 is 0. The van der Waals surface area contributed by atoms with Gasteiger partial charge >= 0.3 is 12.3 Å². The van der Waals surface area contributed by atoms with Crippen LogP contribution in [0.25, 0.3) is 0 Å². The van der Waals surface area contributed by atoms with Crippen LogP contribution >= 0.6 is 0 Å². The van der Waals surface area contributed by atoms with Crippen molar-refractivity contribution in [1.82, 2.24) is 14.9 Å². The third kappa shape index (κ3) is 8.24. The Labute approximate surface area is 241 Å². The molecule has 1 aromatic carbocycles. The predicted octanol–water partition coefficient (Wildman–Crippen LogP) is 5.61. The Hall–Kier alpha value is -4.55. The first kappa shape index (κ1) is 30.4. The minimum absolute atomic E-state index is 0.0630. The van der Waals surface area contributed by atoms with Crippen LogP contribution < -0.4 is 20.1 Å². The SMILES string of the molecule is COc1cc(CNc2ncccc2C(=O)Nc2cc(OCC3CN(C(=O)OC(C)(C)C)C3)cc(C(F)(F)F)c2)ccn1. The highest BCUT2D eigenvalue weighted by Gasteiger charge is 2.35. The van der Waals surface area contributed by atoms with Gasteiger partial charge in [0.25, 0.3) is 5.91 Å². The molecule has 2 N–H and O–H groups in total. The average Bonchev–Trinajstić information content (AvgIpc) is 2.89. The summed E-state index contributed by atoms with van der Waals surface area (Å²) in [5, 5.41) is 5.60. The third-order valence-corrected chi connectivity index (χ3v) is 6.11. The van der Waals surface area contributed by atoms with Crippen molar-refractivity contribution < 1.29 is 37.0 Å². The number of pyridine rings is 2. The van der Waals surface area contributed by atoms with E-state index in [1.165, 1.54) is 30.3 Å². The Morgan fingerprint density at radius 1 is 1.05 bits per heavy atom. The number of hydrogen-bond donors (Lipinski definition) is 2. The fraction of sp³-hybridized carbons (Fsp3) is 0.379. The van der Waals surface area contributed by atoms with E-state index in [2.05, 4.69) is 20.6 Å². The summed E-state index contributed by atoms with van der Waals surface area (Å²) in [5.74, 6) is -0.126. The Balaban J connectivity index is 1.42. The van der Waals surface area contributed by atoms with Crippen molar-refractivity contribution in [2.75, 3.05) is 37.4 Å². The molecule has 42 heavy (non-hydrogen) atoms. The van der Waals surface area contributed by atoms with Gasteiger partial charge in [0.1, 0.15) is 17.2 Å². The van der Waals surface area contributed by atoms with Crippen LogP contribution in [0.4, 0.5) is 29.5 Å². The monoisotopic (exact) mass is 587 g/mol. The molecule has 3 aromatic rings. The normalized spacial score (nSPS) is 13.6. The highest BCUT2D eigenvalue weighted by molar-refractivity contribution is 6.07. The van der Waals surface area contributed by atoms with E-state index >= 15 is 0 Å². The summed E-state index contributed by atoms with van der Waals surface area (Å²) in [4.78, 5) is 35.0. The zero-order chi connectivity index (χ0) is 30.5. The fourth-order valence-corrected chi connectivity index (χ4v) is 4.07. The number of benzene rings is 1. The van der Waals surface area contributed by atoms with Crippen molar-refractivity contribution >= 4 is 23.5 Å². The number of nitrogens with one attached hydrogen (secondary N) is 2. The van der Waals surface area contributed by atoms with Crippen LogP contribution in [0.15, 0.2) is 54.9 Å². The average molecular weight is 588 g/mol. The van der Waals surface area contributed by atoms with Gasteiger partial charge in [0, 0.05) is 55.8 Å². The van der Waals surface area contributed by atoms with Gasteiger partial charge in [-0.05, 0) is 56.7 Å². The van der Waals surface area contributed by atoms with Crippen LogP contribution in [0.3, 0.4) is 0 Å². The molecule has 0 saturated carbocycles. The Kier molecular flexibility index (Phi) is 9.08. The maximum atomic E-state index is 13.7. The quantitative estimate of drug-likeness (QED) is 0.332. The minimum atomic E-state index is -4.67. The van der Waals surface area contributed by atoms with E-state index in [9.17, 15) is 22.8 Å². The van der Waals surface area contributed by atoms with Gasteiger partial charge in [-0.25, -0.2) is 14.8 Å². The van der Waals surface area contributed by atoms with E-state index in [1.54, 1.807) is 45.2 Å². The second-order valence-electron chi connectivity index (χ2n) is 10.7. The number of hydrogen-bond acceptors (Lipinski definition) is 8. The van der Waals surface area contributed by atoms with Gasteiger partial charge in [-0.15, -0.1) is 0 Å². The second-order valence-corrected chi connectivity index (χ2v) is 10.7. The molecular weight excluding hydrogens is 555 g/mol. The minimum Gasteiger partial charge on any atom is -0.493 e. The zero-order valence-electron chi connectivity index (χ0n) is 23.6. The van der Waals surface area contributed by atoms with Crippen LogP contribution in [-0.2, 0) is 17.5 Å². The van der Waals surface area contributed by atoms with Crippen molar-refractivity contribution in [3.8, 4) is 11.6 Å². The van der Waals surface area contributed by atoms with Gasteiger partial charge in [0.05, 0.1) is 24.8 Å². The summed E-state index contributed by atoms with van der Waals surface area (Å²) in [6.07, 6.45) is -2.05. The van der Waals surface area contributed by atoms with Crippen molar-refractivity contribution in [3.05, 3.63) is 71.5 Å². The van der Waals surface area contributed by atoms with Crippen molar-refractivity contribution in [2.24, 2.45) is 5.92 Å². The third-order valence-electron chi connectivity index (χ3n) is 6.11. The highest BCUT2D eigenvalue weighted by Crippen LogP contribution is 2.35. The number of nitrogens with zero attached hydrogens (tertiary/aromatic N) is 3. The van der Waals surface area contributed by atoms with E-state index in [-0.39, 0.29) is 35.3 Å². The lowest BCUT2D eigenvalue weighted by Crippen LogP contribution is -2.53. The number of amides is 2. The van der Waals surface area contributed by atoms with Gasteiger partial charge in [-0.3, -0.25) is 4.79 Å². The van der Waals surface area contributed by atoms with E-state index in [0.717, 1.165) is 17.7 Å². The molecule has 3 heterocycles. The second kappa shape index (κ2) is 12.5. The first-order chi connectivity index (χ1) is 19.8. The number of methoxy groups -OCH3 is 1. The molecule has 2 amide bonds. The van der Waals surface area contributed by atoms with Crippen molar-refractivity contribution in [1.29, 1.82) is 0 Å². The maximum Gasteiger partial charge on any atom is 0.416 e. The number of ether oxygens (including phenoxy) is 3. The molecule has 0 atom stereocenters. The van der Waals surface area contributed by atoms with E-state index < -0.39 is 29.3 Å². The molecular formula is C29H32F3N5O5. The largest absolute Gasteiger partial charge is 0.493 e. The number of likely N-dealkylation sites (tertiary alicyclic amines) is 1. The fourth-order valence-electron chi connectivity index (χ4n) is 4.07. The smallest absolute Gasteiger partial charge is 0.416 e. The zero-order valence-corrected chi connectivity index (χ0v) is 23.6. The first-order valence-corrected chi connectivity index (χ1v) is 13.1. The molecule has 0 radical (unpaired) electrons. The van der Waals surface area contributed by atoms with Crippen LogP contribution in [0.5, 0.6) is 11.6 Å². The van der Waals surface area contributed by atoms with Gasteiger partial charge in [-0.1, -0.05) is 0 Å². The number of aromatic nitrogens is 2. The number of carbonyl (C=O) groups is 2. The molecule has 1 aliphatic heterocycles. The molecule has 13 heteroatoms.